The van der Waals surface area contributed by atoms with E-state index in [2.05, 4.69) is 10.4 Å². The van der Waals surface area contributed by atoms with Crippen molar-refractivity contribution in [3.63, 3.8) is 0 Å². The number of aromatic nitrogens is 2. The minimum atomic E-state index is -0.0387. The van der Waals surface area contributed by atoms with Gasteiger partial charge in [0.05, 0.1) is 18.5 Å². The maximum atomic E-state index is 12.4. The van der Waals surface area contributed by atoms with E-state index in [0.717, 1.165) is 28.4 Å². The molecule has 0 atom stereocenters. The molecule has 0 bridgehead atoms. The van der Waals surface area contributed by atoms with Gasteiger partial charge in [-0.1, -0.05) is 30.3 Å². The molecule has 1 aromatic heterocycles. The second kappa shape index (κ2) is 7.66. The van der Waals surface area contributed by atoms with E-state index in [4.69, 9.17) is 4.74 Å². The number of nitrogens with zero attached hydrogens (tertiary/aromatic N) is 2. The molecule has 0 saturated heterocycles. The van der Waals surface area contributed by atoms with Gasteiger partial charge in [-0.2, -0.15) is 5.10 Å². The Morgan fingerprint density at radius 2 is 1.88 bits per heavy atom. The Hall–Kier alpha value is -3.08. The van der Waals surface area contributed by atoms with Crippen LogP contribution in [-0.4, -0.2) is 22.8 Å². The minimum Gasteiger partial charge on any atom is -0.496 e. The zero-order chi connectivity index (χ0) is 17.6. The maximum Gasteiger partial charge on any atom is 0.224 e. The van der Waals surface area contributed by atoms with Crippen molar-refractivity contribution < 1.29 is 9.53 Å². The molecule has 0 aliphatic heterocycles. The second-order valence-electron chi connectivity index (χ2n) is 5.76. The first kappa shape index (κ1) is 16.8. The van der Waals surface area contributed by atoms with Gasteiger partial charge in [-0.15, -0.1) is 0 Å². The highest BCUT2D eigenvalue weighted by molar-refractivity contribution is 5.93. The molecular weight excluding hydrogens is 314 g/mol. The van der Waals surface area contributed by atoms with Crippen molar-refractivity contribution >= 4 is 11.6 Å². The lowest BCUT2D eigenvalue weighted by Crippen LogP contribution is -2.15. The Bertz CT molecular complexity index is 871. The van der Waals surface area contributed by atoms with Crippen LogP contribution in [0.2, 0.25) is 0 Å². The van der Waals surface area contributed by atoms with Crippen LogP contribution in [0.4, 0.5) is 5.69 Å². The average molecular weight is 335 g/mol. The van der Waals surface area contributed by atoms with E-state index in [1.807, 2.05) is 66.2 Å². The largest absolute Gasteiger partial charge is 0.496 e. The highest BCUT2D eigenvalue weighted by Crippen LogP contribution is 2.22. The van der Waals surface area contributed by atoms with Crippen LogP contribution in [0.1, 0.15) is 17.7 Å². The number of benzene rings is 2. The normalized spacial score (nSPS) is 10.5. The SMILES string of the molecule is COc1ccccc1CCC(=O)Nc1ccccc1-n1nccc1C. The van der Waals surface area contributed by atoms with Crippen molar-refractivity contribution in [2.75, 3.05) is 12.4 Å². The zero-order valence-electron chi connectivity index (χ0n) is 14.4. The average Bonchev–Trinajstić information content (AvgIpc) is 3.06. The van der Waals surface area contributed by atoms with E-state index in [0.29, 0.717) is 12.8 Å². The van der Waals surface area contributed by atoms with Gasteiger partial charge in [-0.25, -0.2) is 4.68 Å². The van der Waals surface area contributed by atoms with E-state index in [1.165, 1.54) is 0 Å². The fourth-order valence-corrected chi connectivity index (χ4v) is 2.76. The fourth-order valence-electron chi connectivity index (χ4n) is 2.76. The quantitative estimate of drug-likeness (QED) is 0.746. The first-order valence-electron chi connectivity index (χ1n) is 8.21. The summed E-state index contributed by atoms with van der Waals surface area (Å²) in [5, 5.41) is 7.31. The second-order valence-corrected chi connectivity index (χ2v) is 5.76. The standard InChI is InChI=1S/C20H21N3O2/c1-15-13-14-21-23(15)18-9-5-4-8-17(18)22-20(24)12-11-16-7-3-6-10-19(16)25-2/h3-10,13-14H,11-12H2,1-2H3,(H,22,24). The van der Waals surface area contributed by atoms with Gasteiger partial charge in [0.2, 0.25) is 5.91 Å². The maximum absolute atomic E-state index is 12.4. The van der Waals surface area contributed by atoms with Crippen molar-refractivity contribution in [3.8, 4) is 11.4 Å². The van der Waals surface area contributed by atoms with Gasteiger partial charge in [-0.3, -0.25) is 4.79 Å². The number of carbonyl (C=O) groups is 1. The number of anilines is 1. The highest BCUT2D eigenvalue weighted by atomic mass is 16.5. The highest BCUT2D eigenvalue weighted by Gasteiger charge is 2.11. The van der Waals surface area contributed by atoms with Crippen LogP contribution in [0, 0.1) is 6.92 Å². The van der Waals surface area contributed by atoms with E-state index < -0.39 is 0 Å². The summed E-state index contributed by atoms with van der Waals surface area (Å²) in [7, 11) is 1.64. The number of amides is 1. The van der Waals surface area contributed by atoms with E-state index in [9.17, 15) is 4.79 Å². The first-order valence-corrected chi connectivity index (χ1v) is 8.21. The molecule has 25 heavy (non-hydrogen) atoms. The molecule has 128 valence electrons. The van der Waals surface area contributed by atoms with Gasteiger partial charge in [-0.05, 0) is 43.2 Å². The summed E-state index contributed by atoms with van der Waals surface area (Å²) in [6, 6.07) is 17.3. The van der Waals surface area contributed by atoms with E-state index in [-0.39, 0.29) is 5.91 Å². The summed E-state index contributed by atoms with van der Waals surface area (Å²) in [5.74, 6) is 0.769. The van der Waals surface area contributed by atoms with Crippen molar-refractivity contribution in [2.45, 2.75) is 19.8 Å². The van der Waals surface area contributed by atoms with Crippen LogP contribution in [0.15, 0.2) is 60.8 Å². The van der Waals surface area contributed by atoms with Gasteiger partial charge in [0.1, 0.15) is 5.75 Å². The van der Waals surface area contributed by atoms with Crippen LogP contribution in [0.5, 0.6) is 5.75 Å². The number of para-hydroxylation sites is 3. The summed E-state index contributed by atoms with van der Waals surface area (Å²) in [6.07, 6.45) is 2.75. The predicted octanol–water partition coefficient (Wildman–Crippen LogP) is 3.76. The van der Waals surface area contributed by atoms with Crippen LogP contribution < -0.4 is 10.1 Å². The van der Waals surface area contributed by atoms with Crippen LogP contribution >= 0.6 is 0 Å². The molecule has 3 rings (SSSR count). The van der Waals surface area contributed by atoms with Gasteiger partial charge in [0.25, 0.3) is 0 Å². The third-order valence-corrected chi connectivity index (χ3v) is 4.05. The first-order chi connectivity index (χ1) is 12.2. The molecule has 0 fully saturated rings. The van der Waals surface area contributed by atoms with Crippen LogP contribution in [0.25, 0.3) is 5.69 Å². The number of rotatable bonds is 6. The lowest BCUT2D eigenvalue weighted by atomic mass is 10.1. The Labute approximate surface area is 147 Å². The molecule has 1 N–H and O–H groups in total. The molecule has 3 aromatic rings. The van der Waals surface area contributed by atoms with Gasteiger partial charge in [0, 0.05) is 18.3 Å². The predicted molar refractivity (Wildman–Crippen MR) is 98.2 cm³/mol. The molecule has 1 heterocycles. The summed E-state index contributed by atoms with van der Waals surface area (Å²) >= 11 is 0. The van der Waals surface area contributed by atoms with E-state index in [1.54, 1.807) is 13.3 Å². The van der Waals surface area contributed by atoms with E-state index >= 15 is 0 Å². The summed E-state index contributed by atoms with van der Waals surface area (Å²) < 4.78 is 7.15. The molecule has 5 heteroatoms. The third kappa shape index (κ3) is 3.88. The molecule has 0 aliphatic carbocycles. The summed E-state index contributed by atoms with van der Waals surface area (Å²) in [5.41, 5.74) is 3.64. The van der Waals surface area contributed by atoms with Crippen molar-refractivity contribution in [2.24, 2.45) is 0 Å². The molecule has 0 radical (unpaired) electrons. The number of aryl methyl sites for hydroxylation is 2. The number of hydrogen-bond acceptors (Lipinski definition) is 3. The van der Waals surface area contributed by atoms with Crippen LogP contribution in [0.3, 0.4) is 0 Å². The summed E-state index contributed by atoms with van der Waals surface area (Å²) in [6.45, 7) is 1.98. The Morgan fingerprint density at radius 3 is 2.64 bits per heavy atom. The minimum absolute atomic E-state index is 0.0387. The number of hydrogen-bond donors (Lipinski definition) is 1. The summed E-state index contributed by atoms with van der Waals surface area (Å²) in [4.78, 5) is 12.4. The molecular formula is C20H21N3O2. The third-order valence-electron chi connectivity index (χ3n) is 4.05. The number of carbonyl (C=O) groups excluding carboxylic acids is 1. The fraction of sp³-hybridized carbons (Fsp3) is 0.200. The molecule has 1 amide bonds. The molecule has 0 unspecified atom stereocenters. The molecule has 2 aromatic carbocycles. The van der Waals surface area contributed by atoms with Gasteiger partial charge in [0.15, 0.2) is 0 Å². The number of methoxy groups -OCH3 is 1. The zero-order valence-corrected chi connectivity index (χ0v) is 14.4. The van der Waals surface area contributed by atoms with Gasteiger partial charge < -0.3 is 10.1 Å². The molecule has 5 nitrogen and oxygen atoms in total. The molecule has 0 spiro atoms. The van der Waals surface area contributed by atoms with Gasteiger partial charge >= 0.3 is 0 Å². The Morgan fingerprint density at radius 1 is 1.12 bits per heavy atom. The molecule has 0 aliphatic rings. The van der Waals surface area contributed by atoms with Crippen molar-refractivity contribution in [3.05, 3.63) is 72.1 Å². The monoisotopic (exact) mass is 335 g/mol. The lowest BCUT2D eigenvalue weighted by Gasteiger charge is -2.13. The Balaban J connectivity index is 1.71. The molecule has 0 saturated carbocycles. The van der Waals surface area contributed by atoms with Crippen LogP contribution in [-0.2, 0) is 11.2 Å². The number of ether oxygens (including phenoxy) is 1. The number of nitrogens with one attached hydrogen (secondary N) is 1. The smallest absolute Gasteiger partial charge is 0.224 e. The van der Waals surface area contributed by atoms with Crippen molar-refractivity contribution in [1.82, 2.24) is 9.78 Å². The Kier molecular flexibility index (Phi) is 5.14. The van der Waals surface area contributed by atoms with Crippen molar-refractivity contribution in [1.29, 1.82) is 0 Å². The topological polar surface area (TPSA) is 56.1 Å². The lowest BCUT2D eigenvalue weighted by molar-refractivity contribution is -0.116.